The predicted octanol–water partition coefficient (Wildman–Crippen LogP) is 0.695. The third-order valence-electron chi connectivity index (χ3n) is 3.63. The number of aromatic hydroxyl groups is 2. The molecule has 0 saturated carbocycles. The van der Waals surface area contributed by atoms with Crippen LogP contribution in [0.15, 0.2) is 52.4 Å². The number of hydrogen-bond acceptors (Lipinski definition) is 7. The van der Waals surface area contributed by atoms with Crippen LogP contribution in [0.5, 0.6) is 11.5 Å². The molecule has 9 nitrogen and oxygen atoms in total. The van der Waals surface area contributed by atoms with Crippen molar-refractivity contribution in [2.45, 2.75) is 6.92 Å². The van der Waals surface area contributed by atoms with Gasteiger partial charge < -0.3 is 15.1 Å². The third kappa shape index (κ3) is 4.03. The highest BCUT2D eigenvalue weighted by Gasteiger charge is 2.10. The quantitative estimate of drug-likeness (QED) is 0.449. The van der Waals surface area contributed by atoms with E-state index in [9.17, 15) is 19.8 Å². The Morgan fingerprint density at radius 3 is 2.85 bits per heavy atom. The molecule has 3 N–H and O–H groups in total. The summed E-state index contributed by atoms with van der Waals surface area (Å²) in [4.78, 5) is 33.8. The Morgan fingerprint density at radius 2 is 2.07 bits per heavy atom. The van der Waals surface area contributed by atoms with Gasteiger partial charge in [0.25, 0.3) is 11.5 Å². The zero-order valence-corrected chi connectivity index (χ0v) is 14.3. The molecule has 0 aliphatic carbocycles. The smallest absolute Gasteiger partial charge is 0.294 e. The van der Waals surface area contributed by atoms with Crippen molar-refractivity contribution in [2.75, 3.05) is 6.61 Å². The normalized spacial score (nSPS) is 11.0. The van der Waals surface area contributed by atoms with Crippen LogP contribution in [0.25, 0.3) is 10.9 Å². The molecule has 0 bridgehead atoms. The van der Waals surface area contributed by atoms with Crippen molar-refractivity contribution >= 4 is 23.0 Å². The molecule has 0 aliphatic rings. The molecular weight excluding hydrogens is 352 g/mol. The van der Waals surface area contributed by atoms with Crippen LogP contribution in [0, 0.1) is 6.92 Å². The van der Waals surface area contributed by atoms with Gasteiger partial charge in [-0.25, -0.2) is 10.4 Å². The Bertz CT molecular complexity index is 1090. The summed E-state index contributed by atoms with van der Waals surface area (Å²) in [7, 11) is 0. The van der Waals surface area contributed by atoms with Crippen LogP contribution in [0.2, 0.25) is 0 Å². The van der Waals surface area contributed by atoms with Gasteiger partial charge in [-0.2, -0.15) is 5.10 Å². The van der Waals surface area contributed by atoms with Gasteiger partial charge in [0.1, 0.15) is 17.3 Å². The average molecular weight is 368 g/mol. The van der Waals surface area contributed by atoms with E-state index >= 15 is 0 Å². The second kappa shape index (κ2) is 7.56. The predicted molar refractivity (Wildman–Crippen MR) is 97.7 cm³/mol. The third-order valence-corrected chi connectivity index (χ3v) is 3.63. The second-order valence-corrected chi connectivity index (χ2v) is 5.59. The fourth-order valence-corrected chi connectivity index (χ4v) is 2.35. The van der Waals surface area contributed by atoms with Crippen molar-refractivity contribution in [1.82, 2.24) is 15.1 Å². The number of phenols is 2. The van der Waals surface area contributed by atoms with Crippen molar-refractivity contribution in [3.05, 3.63) is 64.2 Å². The molecule has 0 unspecified atom stereocenters. The number of aromatic nitrogens is 2. The molecule has 3 rings (SSSR count). The van der Waals surface area contributed by atoms with Crippen molar-refractivity contribution in [2.24, 2.45) is 5.10 Å². The van der Waals surface area contributed by atoms with Gasteiger partial charge in [0.15, 0.2) is 6.61 Å². The number of fused-ring (bicyclic) bond motifs is 1. The molecule has 0 radical (unpaired) electrons. The molecule has 27 heavy (non-hydrogen) atoms. The highest BCUT2D eigenvalue weighted by atomic mass is 16.7. The molecular formula is C18H16N4O5. The zero-order valence-electron chi connectivity index (χ0n) is 14.3. The molecule has 1 amide bonds. The first-order valence-corrected chi connectivity index (χ1v) is 7.91. The SMILES string of the molecule is Cc1nc2ccccc2c(=O)n1OCC(=O)NN=Cc1ccc(O)cc1O. The monoisotopic (exact) mass is 368 g/mol. The minimum Gasteiger partial charge on any atom is -0.508 e. The lowest BCUT2D eigenvalue weighted by Crippen LogP contribution is -2.35. The molecule has 0 saturated heterocycles. The Kier molecular flexibility index (Phi) is 5.02. The van der Waals surface area contributed by atoms with Crippen molar-refractivity contribution in [3.8, 4) is 11.5 Å². The molecule has 0 fully saturated rings. The van der Waals surface area contributed by atoms with E-state index in [0.717, 1.165) is 10.8 Å². The largest absolute Gasteiger partial charge is 0.508 e. The van der Waals surface area contributed by atoms with Crippen LogP contribution in [-0.4, -0.2) is 38.7 Å². The number of para-hydroxylation sites is 1. The first kappa shape index (κ1) is 17.9. The number of nitrogens with one attached hydrogen (secondary N) is 1. The first-order valence-electron chi connectivity index (χ1n) is 7.91. The van der Waals surface area contributed by atoms with Crippen LogP contribution in [0.1, 0.15) is 11.4 Å². The number of phenolic OH excluding ortho intramolecular Hbond substituents is 2. The number of benzene rings is 2. The molecule has 2 aromatic carbocycles. The topological polar surface area (TPSA) is 126 Å². The molecule has 138 valence electrons. The lowest BCUT2D eigenvalue weighted by molar-refractivity contribution is -0.126. The maximum Gasteiger partial charge on any atom is 0.294 e. The Balaban J connectivity index is 1.65. The summed E-state index contributed by atoms with van der Waals surface area (Å²) in [5.74, 6) is -0.575. The van der Waals surface area contributed by atoms with Gasteiger partial charge >= 0.3 is 0 Å². The summed E-state index contributed by atoms with van der Waals surface area (Å²) < 4.78 is 0.956. The minimum absolute atomic E-state index is 0.0908. The van der Waals surface area contributed by atoms with Crippen molar-refractivity contribution in [3.63, 3.8) is 0 Å². The molecule has 9 heteroatoms. The van der Waals surface area contributed by atoms with Gasteiger partial charge in [-0.3, -0.25) is 9.59 Å². The number of hydrogen-bond donors (Lipinski definition) is 3. The Labute approximate surface area is 153 Å². The number of amides is 1. The summed E-state index contributed by atoms with van der Waals surface area (Å²) in [5, 5.41) is 22.9. The van der Waals surface area contributed by atoms with Crippen LogP contribution >= 0.6 is 0 Å². The number of rotatable bonds is 5. The second-order valence-electron chi connectivity index (χ2n) is 5.59. The fourth-order valence-electron chi connectivity index (χ4n) is 2.35. The maximum atomic E-state index is 12.4. The van der Waals surface area contributed by atoms with E-state index in [1.165, 1.54) is 18.3 Å². The summed E-state index contributed by atoms with van der Waals surface area (Å²) in [6.07, 6.45) is 1.21. The Morgan fingerprint density at radius 1 is 1.30 bits per heavy atom. The van der Waals surface area contributed by atoms with Gasteiger partial charge in [-0.15, -0.1) is 4.73 Å². The summed E-state index contributed by atoms with van der Waals surface area (Å²) in [5.41, 5.74) is 2.65. The van der Waals surface area contributed by atoms with Crippen LogP contribution in [-0.2, 0) is 4.79 Å². The van der Waals surface area contributed by atoms with E-state index in [1.54, 1.807) is 31.2 Å². The summed E-state index contributed by atoms with van der Waals surface area (Å²) >= 11 is 0. The van der Waals surface area contributed by atoms with Gasteiger partial charge in [-0.1, -0.05) is 12.1 Å². The van der Waals surface area contributed by atoms with Crippen LogP contribution < -0.4 is 15.8 Å². The molecule has 0 aliphatic heterocycles. The summed E-state index contributed by atoms with van der Waals surface area (Å²) in [6, 6.07) is 10.8. The van der Waals surface area contributed by atoms with Gasteiger partial charge in [0, 0.05) is 11.6 Å². The van der Waals surface area contributed by atoms with E-state index in [2.05, 4.69) is 15.5 Å². The van der Waals surface area contributed by atoms with Crippen LogP contribution in [0.4, 0.5) is 0 Å². The van der Waals surface area contributed by atoms with E-state index in [1.807, 2.05) is 0 Å². The Hall–Kier alpha value is -3.88. The highest BCUT2D eigenvalue weighted by Crippen LogP contribution is 2.20. The molecule has 0 spiro atoms. The molecule has 3 aromatic rings. The number of nitrogens with zero attached hydrogens (tertiary/aromatic N) is 3. The van der Waals surface area contributed by atoms with Crippen molar-refractivity contribution in [1.29, 1.82) is 0 Å². The first-order chi connectivity index (χ1) is 13.0. The standard InChI is InChI=1S/C18H16N4O5/c1-11-20-15-5-3-2-4-14(15)18(26)22(11)27-10-17(25)21-19-9-12-6-7-13(23)8-16(12)24/h2-9,23-24H,10H2,1H3,(H,21,25). The lowest BCUT2D eigenvalue weighted by Gasteiger charge is -2.11. The zero-order chi connectivity index (χ0) is 19.4. The van der Waals surface area contributed by atoms with Gasteiger partial charge in [0.05, 0.1) is 17.1 Å². The molecule has 1 aromatic heterocycles. The molecule has 1 heterocycles. The van der Waals surface area contributed by atoms with Gasteiger partial charge in [0.2, 0.25) is 0 Å². The number of aryl methyl sites for hydroxylation is 1. The van der Waals surface area contributed by atoms with Crippen molar-refractivity contribution < 1.29 is 19.8 Å². The van der Waals surface area contributed by atoms with E-state index in [-0.39, 0.29) is 11.5 Å². The van der Waals surface area contributed by atoms with E-state index in [0.29, 0.717) is 22.3 Å². The van der Waals surface area contributed by atoms with E-state index in [4.69, 9.17) is 4.84 Å². The summed E-state index contributed by atoms with van der Waals surface area (Å²) in [6.45, 7) is 1.14. The minimum atomic E-state index is -0.607. The number of hydrazone groups is 1. The van der Waals surface area contributed by atoms with E-state index < -0.39 is 18.1 Å². The fraction of sp³-hybridized carbons (Fsp3) is 0.111. The molecule has 0 atom stereocenters. The van der Waals surface area contributed by atoms with Crippen LogP contribution in [0.3, 0.4) is 0 Å². The number of carbonyl (C=O) groups excluding carboxylic acids is 1. The highest BCUT2D eigenvalue weighted by molar-refractivity contribution is 5.85. The average Bonchev–Trinajstić information content (AvgIpc) is 2.63. The van der Waals surface area contributed by atoms with Gasteiger partial charge in [-0.05, 0) is 31.2 Å². The number of carbonyl (C=O) groups is 1. The lowest BCUT2D eigenvalue weighted by atomic mass is 10.2. The maximum absolute atomic E-state index is 12.4.